The molecule has 1 heterocycles. The third-order valence-electron chi connectivity index (χ3n) is 5.38. The number of halogens is 1. The number of carbonyl (C=O) groups excluding carboxylic acids is 2. The molecule has 2 amide bonds. The van der Waals surface area contributed by atoms with E-state index in [0.29, 0.717) is 30.1 Å². The average Bonchev–Trinajstić information content (AvgIpc) is 3.17. The molecule has 0 unspecified atom stereocenters. The van der Waals surface area contributed by atoms with E-state index in [1.807, 2.05) is 23.1 Å². The lowest BCUT2D eigenvalue weighted by atomic mass is 9.98. The van der Waals surface area contributed by atoms with Crippen LogP contribution in [0.15, 0.2) is 72.8 Å². The molecule has 3 aromatic rings. The van der Waals surface area contributed by atoms with Gasteiger partial charge in [0.25, 0.3) is 5.91 Å². The highest BCUT2D eigenvalue weighted by atomic mass is 35.5. The first kappa shape index (κ1) is 20.2. The topological polar surface area (TPSA) is 49.4 Å². The number of hydrogen-bond acceptors (Lipinski definition) is 2. The van der Waals surface area contributed by atoms with Gasteiger partial charge in [-0.25, -0.2) is 0 Å². The molecule has 0 radical (unpaired) electrons. The molecule has 30 heavy (non-hydrogen) atoms. The van der Waals surface area contributed by atoms with E-state index in [0.717, 1.165) is 35.2 Å². The van der Waals surface area contributed by atoms with Gasteiger partial charge in [0.2, 0.25) is 5.91 Å². The maximum Gasteiger partial charge on any atom is 0.253 e. The zero-order valence-corrected chi connectivity index (χ0v) is 17.4. The summed E-state index contributed by atoms with van der Waals surface area (Å²) in [5, 5.41) is 3.40. The summed E-state index contributed by atoms with van der Waals surface area (Å²) >= 11 is 6.13. The summed E-state index contributed by atoms with van der Waals surface area (Å²) in [4.78, 5) is 26.3. The zero-order valence-electron chi connectivity index (χ0n) is 16.6. The van der Waals surface area contributed by atoms with Crippen molar-refractivity contribution in [3.05, 3.63) is 94.5 Å². The highest BCUT2D eigenvalue weighted by Crippen LogP contribution is 2.25. The van der Waals surface area contributed by atoms with Crippen LogP contribution in [0.4, 0.5) is 0 Å². The largest absolute Gasteiger partial charge is 0.348 e. The minimum Gasteiger partial charge on any atom is -0.348 e. The van der Waals surface area contributed by atoms with Crippen LogP contribution in [0.1, 0.15) is 34.3 Å². The second kappa shape index (κ2) is 9.14. The molecule has 1 aliphatic rings. The van der Waals surface area contributed by atoms with Gasteiger partial charge in [-0.3, -0.25) is 9.59 Å². The summed E-state index contributed by atoms with van der Waals surface area (Å²) in [6.07, 6.45) is 1.61. The van der Waals surface area contributed by atoms with E-state index in [4.69, 9.17) is 11.6 Å². The van der Waals surface area contributed by atoms with Crippen LogP contribution in [0.3, 0.4) is 0 Å². The molecule has 0 bridgehead atoms. The first-order valence-electron chi connectivity index (χ1n) is 10.1. The summed E-state index contributed by atoms with van der Waals surface area (Å²) < 4.78 is 0. The Morgan fingerprint density at radius 3 is 2.43 bits per heavy atom. The van der Waals surface area contributed by atoms with Crippen LogP contribution in [0.25, 0.3) is 11.1 Å². The fourth-order valence-electron chi connectivity index (χ4n) is 3.75. The molecule has 0 spiro atoms. The highest BCUT2D eigenvalue weighted by Gasteiger charge is 2.20. The molecule has 0 aliphatic carbocycles. The van der Waals surface area contributed by atoms with E-state index in [-0.39, 0.29) is 11.8 Å². The van der Waals surface area contributed by atoms with Gasteiger partial charge in [-0.05, 0) is 40.8 Å². The monoisotopic (exact) mass is 418 g/mol. The fourth-order valence-corrected chi connectivity index (χ4v) is 3.98. The molecule has 152 valence electrons. The Balaban J connectivity index is 1.47. The first-order chi connectivity index (χ1) is 14.6. The van der Waals surface area contributed by atoms with Crippen molar-refractivity contribution >= 4 is 23.4 Å². The predicted molar refractivity (Wildman–Crippen MR) is 119 cm³/mol. The van der Waals surface area contributed by atoms with E-state index in [1.165, 1.54) is 0 Å². The normalized spacial score (nSPS) is 13.5. The maximum absolute atomic E-state index is 12.5. The van der Waals surface area contributed by atoms with Crippen molar-refractivity contribution in [1.29, 1.82) is 0 Å². The molecule has 0 saturated carbocycles. The lowest BCUT2D eigenvalue weighted by Crippen LogP contribution is -2.23. The van der Waals surface area contributed by atoms with E-state index in [9.17, 15) is 9.59 Å². The molecule has 5 heteroatoms. The lowest BCUT2D eigenvalue weighted by Gasteiger charge is -2.16. The average molecular weight is 419 g/mol. The van der Waals surface area contributed by atoms with Gasteiger partial charge >= 0.3 is 0 Å². The van der Waals surface area contributed by atoms with Crippen molar-refractivity contribution < 1.29 is 9.59 Å². The molecule has 4 nitrogen and oxygen atoms in total. The van der Waals surface area contributed by atoms with Crippen LogP contribution >= 0.6 is 11.6 Å². The van der Waals surface area contributed by atoms with E-state index in [1.54, 1.807) is 24.3 Å². The van der Waals surface area contributed by atoms with Crippen molar-refractivity contribution in [2.75, 3.05) is 6.54 Å². The van der Waals surface area contributed by atoms with E-state index < -0.39 is 0 Å². The predicted octanol–water partition coefficient (Wildman–Crippen LogP) is 5.06. The maximum atomic E-state index is 12.5. The Morgan fingerprint density at radius 1 is 0.967 bits per heavy atom. The number of rotatable bonds is 6. The van der Waals surface area contributed by atoms with Crippen molar-refractivity contribution in [3.8, 4) is 11.1 Å². The number of nitrogens with one attached hydrogen (secondary N) is 1. The van der Waals surface area contributed by atoms with Gasteiger partial charge in [-0.1, -0.05) is 72.3 Å². The minimum absolute atomic E-state index is 0.193. The quantitative estimate of drug-likeness (QED) is 0.608. The number of benzene rings is 3. The Bertz CT molecular complexity index is 1060. The summed E-state index contributed by atoms with van der Waals surface area (Å²) in [5.41, 5.74) is 4.77. The van der Waals surface area contributed by atoms with Crippen molar-refractivity contribution in [2.45, 2.75) is 25.9 Å². The van der Waals surface area contributed by atoms with Gasteiger partial charge in [0.15, 0.2) is 0 Å². The van der Waals surface area contributed by atoms with Gasteiger partial charge < -0.3 is 10.2 Å². The summed E-state index contributed by atoms with van der Waals surface area (Å²) in [6, 6.07) is 23.3. The molecular weight excluding hydrogens is 396 g/mol. The lowest BCUT2D eigenvalue weighted by molar-refractivity contribution is -0.128. The fraction of sp³-hybridized carbons (Fsp3) is 0.200. The van der Waals surface area contributed by atoms with Gasteiger partial charge in [-0.2, -0.15) is 0 Å². The molecule has 1 aliphatic heterocycles. The summed E-state index contributed by atoms with van der Waals surface area (Å²) in [5.74, 6) is 0.0414. The Labute approximate surface area is 181 Å². The van der Waals surface area contributed by atoms with Crippen LogP contribution in [0.2, 0.25) is 5.02 Å². The summed E-state index contributed by atoms with van der Waals surface area (Å²) in [6.45, 7) is 1.91. The molecule has 1 saturated heterocycles. The molecule has 4 rings (SSSR count). The minimum atomic E-state index is -0.193. The molecule has 0 aromatic heterocycles. The Kier molecular flexibility index (Phi) is 6.15. The third-order valence-corrected chi connectivity index (χ3v) is 5.71. The van der Waals surface area contributed by atoms with E-state index in [2.05, 4.69) is 35.6 Å². The molecule has 1 N–H and O–H groups in total. The van der Waals surface area contributed by atoms with Crippen LogP contribution in [-0.2, 0) is 17.9 Å². The molecule has 3 aromatic carbocycles. The second-order valence-corrected chi connectivity index (χ2v) is 7.84. The van der Waals surface area contributed by atoms with Crippen molar-refractivity contribution in [2.24, 2.45) is 0 Å². The smallest absolute Gasteiger partial charge is 0.253 e. The van der Waals surface area contributed by atoms with Gasteiger partial charge in [0, 0.05) is 26.1 Å². The van der Waals surface area contributed by atoms with E-state index >= 15 is 0 Å². The standard InChI is InChI=1S/C25H23ClN2O2/c26-23-9-4-3-8-22(23)25(30)27-16-20-6-1-2-7-21(20)19-13-11-18(12-14-19)17-28-15-5-10-24(28)29/h1-4,6-9,11-14H,5,10,15-17H2,(H,27,30). The number of hydrogen-bond donors (Lipinski definition) is 1. The van der Waals surface area contributed by atoms with Crippen molar-refractivity contribution in [3.63, 3.8) is 0 Å². The van der Waals surface area contributed by atoms with Gasteiger partial charge in [-0.15, -0.1) is 0 Å². The number of likely N-dealkylation sites (tertiary alicyclic amines) is 1. The number of nitrogens with zero attached hydrogens (tertiary/aromatic N) is 1. The third kappa shape index (κ3) is 4.55. The first-order valence-corrected chi connectivity index (χ1v) is 10.5. The van der Waals surface area contributed by atoms with Gasteiger partial charge in [0.05, 0.1) is 10.6 Å². The highest BCUT2D eigenvalue weighted by molar-refractivity contribution is 6.33. The van der Waals surface area contributed by atoms with Crippen LogP contribution < -0.4 is 5.32 Å². The molecule has 1 fully saturated rings. The summed E-state index contributed by atoms with van der Waals surface area (Å²) in [7, 11) is 0. The zero-order chi connectivity index (χ0) is 20.9. The molecular formula is C25H23ClN2O2. The number of carbonyl (C=O) groups is 2. The number of amides is 2. The SMILES string of the molecule is O=C(NCc1ccccc1-c1ccc(CN2CCCC2=O)cc1)c1ccccc1Cl. The van der Waals surface area contributed by atoms with Crippen LogP contribution in [0.5, 0.6) is 0 Å². The Morgan fingerprint density at radius 2 is 1.70 bits per heavy atom. The Hall–Kier alpha value is -3.11. The molecule has 0 atom stereocenters. The van der Waals surface area contributed by atoms with Crippen LogP contribution in [0, 0.1) is 0 Å². The van der Waals surface area contributed by atoms with Crippen molar-refractivity contribution in [1.82, 2.24) is 10.2 Å². The van der Waals surface area contributed by atoms with Crippen LogP contribution in [-0.4, -0.2) is 23.3 Å². The van der Waals surface area contributed by atoms with Gasteiger partial charge in [0.1, 0.15) is 0 Å². The second-order valence-electron chi connectivity index (χ2n) is 7.44.